The summed E-state index contributed by atoms with van der Waals surface area (Å²) in [4.78, 5) is 11.3. The highest BCUT2D eigenvalue weighted by Crippen LogP contribution is 2.36. The number of amides is 1. The highest BCUT2D eigenvalue weighted by molar-refractivity contribution is 5.82. The van der Waals surface area contributed by atoms with Crippen molar-refractivity contribution in [3.05, 3.63) is 0 Å². The van der Waals surface area contributed by atoms with Crippen LogP contribution in [0, 0.1) is 5.41 Å². The van der Waals surface area contributed by atoms with Crippen LogP contribution < -0.4 is 11.1 Å². The fourth-order valence-electron chi connectivity index (χ4n) is 1.79. The lowest BCUT2D eigenvalue weighted by molar-refractivity contribution is -0.129. The van der Waals surface area contributed by atoms with Gasteiger partial charge in [0.25, 0.3) is 0 Å². The molecule has 0 saturated heterocycles. The number of carbonyl (C=O) groups is 1. The number of rotatable bonds is 1. The molecule has 1 unspecified atom stereocenters. The van der Waals surface area contributed by atoms with Crippen LogP contribution in [0.25, 0.3) is 0 Å². The van der Waals surface area contributed by atoms with E-state index in [2.05, 4.69) is 5.32 Å². The van der Waals surface area contributed by atoms with E-state index in [1.165, 1.54) is 0 Å². The van der Waals surface area contributed by atoms with Crippen molar-refractivity contribution < 1.29 is 4.79 Å². The van der Waals surface area contributed by atoms with Gasteiger partial charge in [-0.1, -0.05) is 6.92 Å². The van der Waals surface area contributed by atoms with Crippen LogP contribution in [0.2, 0.25) is 0 Å². The third-order valence-corrected chi connectivity index (χ3v) is 2.55. The monoisotopic (exact) mass is 156 g/mol. The average Bonchev–Trinajstić information content (AvgIpc) is 2.31. The van der Waals surface area contributed by atoms with Gasteiger partial charge in [-0.05, 0) is 19.3 Å². The van der Waals surface area contributed by atoms with Crippen molar-refractivity contribution in [3.63, 3.8) is 0 Å². The molecule has 64 valence electrons. The standard InChI is InChI=1S/C8H16N2O/c1-8(7(11)10-2)4-3-6(9)5-8/h6H,3-5,9H2,1-2H3,(H,10,11)/t6?,8-/m1/s1. The fourth-order valence-corrected chi connectivity index (χ4v) is 1.79. The summed E-state index contributed by atoms with van der Waals surface area (Å²) in [6.07, 6.45) is 2.73. The predicted octanol–water partition coefficient (Wildman–Crippen LogP) is 0.250. The summed E-state index contributed by atoms with van der Waals surface area (Å²) < 4.78 is 0. The van der Waals surface area contributed by atoms with Gasteiger partial charge in [-0.15, -0.1) is 0 Å². The molecule has 2 atom stereocenters. The zero-order valence-corrected chi connectivity index (χ0v) is 7.18. The molecule has 11 heavy (non-hydrogen) atoms. The lowest BCUT2D eigenvalue weighted by Crippen LogP contribution is -2.35. The molecule has 1 aliphatic rings. The van der Waals surface area contributed by atoms with Gasteiger partial charge in [-0.25, -0.2) is 0 Å². The summed E-state index contributed by atoms with van der Waals surface area (Å²) in [5, 5.41) is 2.67. The summed E-state index contributed by atoms with van der Waals surface area (Å²) in [6.45, 7) is 1.98. The Morgan fingerprint density at radius 3 is 2.73 bits per heavy atom. The van der Waals surface area contributed by atoms with Crippen molar-refractivity contribution in [1.29, 1.82) is 0 Å². The van der Waals surface area contributed by atoms with Crippen molar-refractivity contribution in [1.82, 2.24) is 5.32 Å². The van der Waals surface area contributed by atoms with E-state index in [-0.39, 0.29) is 17.4 Å². The second-order valence-corrected chi connectivity index (χ2v) is 3.64. The van der Waals surface area contributed by atoms with Gasteiger partial charge in [-0.2, -0.15) is 0 Å². The number of nitrogens with two attached hydrogens (primary N) is 1. The Hall–Kier alpha value is -0.570. The van der Waals surface area contributed by atoms with E-state index in [9.17, 15) is 4.79 Å². The molecule has 1 aliphatic carbocycles. The fraction of sp³-hybridized carbons (Fsp3) is 0.875. The number of carbonyl (C=O) groups excluding carboxylic acids is 1. The molecule has 3 nitrogen and oxygen atoms in total. The van der Waals surface area contributed by atoms with Gasteiger partial charge in [0.15, 0.2) is 0 Å². The smallest absolute Gasteiger partial charge is 0.225 e. The molecule has 0 aromatic carbocycles. The van der Waals surface area contributed by atoms with Crippen LogP contribution in [-0.2, 0) is 4.79 Å². The Labute approximate surface area is 67.3 Å². The van der Waals surface area contributed by atoms with Gasteiger partial charge >= 0.3 is 0 Å². The minimum Gasteiger partial charge on any atom is -0.359 e. The van der Waals surface area contributed by atoms with E-state index in [0.29, 0.717) is 0 Å². The van der Waals surface area contributed by atoms with Crippen LogP contribution in [0.3, 0.4) is 0 Å². The molecule has 3 heteroatoms. The first-order chi connectivity index (χ1) is 5.08. The van der Waals surface area contributed by atoms with Gasteiger partial charge in [-0.3, -0.25) is 4.79 Å². The minimum absolute atomic E-state index is 0.130. The van der Waals surface area contributed by atoms with Crippen LogP contribution in [0.4, 0.5) is 0 Å². The van der Waals surface area contributed by atoms with E-state index in [1.54, 1.807) is 7.05 Å². The maximum absolute atomic E-state index is 11.3. The van der Waals surface area contributed by atoms with Crippen molar-refractivity contribution in [2.45, 2.75) is 32.2 Å². The first-order valence-electron chi connectivity index (χ1n) is 4.06. The normalized spacial score (nSPS) is 37.2. The van der Waals surface area contributed by atoms with Crippen LogP contribution >= 0.6 is 0 Å². The second kappa shape index (κ2) is 2.81. The van der Waals surface area contributed by atoms with E-state index >= 15 is 0 Å². The lowest BCUT2D eigenvalue weighted by atomic mass is 9.87. The van der Waals surface area contributed by atoms with Gasteiger partial charge < -0.3 is 11.1 Å². The van der Waals surface area contributed by atoms with Crippen molar-refractivity contribution >= 4 is 5.91 Å². The zero-order chi connectivity index (χ0) is 8.48. The van der Waals surface area contributed by atoms with Crippen LogP contribution in [0.1, 0.15) is 26.2 Å². The van der Waals surface area contributed by atoms with Crippen molar-refractivity contribution in [2.75, 3.05) is 7.05 Å². The Kier molecular flexibility index (Phi) is 2.18. The predicted molar refractivity (Wildman–Crippen MR) is 44.0 cm³/mol. The summed E-state index contributed by atoms with van der Waals surface area (Å²) in [5.74, 6) is 0.130. The highest BCUT2D eigenvalue weighted by Gasteiger charge is 2.39. The maximum Gasteiger partial charge on any atom is 0.225 e. The highest BCUT2D eigenvalue weighted by atomic mass is 16.2. The summed E-state index contributed by atoms with van der Waals surface area (Å²) in [6, 6.07) is 0.220. The Morgan fingerprint density at radius 2 is 2.36 bits per heavy atom. The van der Waals surface area contributed by atoms with E-state index < -0.39 is 0 Å². The third-order valence-electron chi connectivity index (χ3n) is 2.55. The van der Waals surface area contributed by atoms with E-state index in [1.807, 2.05) is 6.92 Å². The Bertz CT molecular complexity index is 169. The largest absolute Gasteiger partial charge is 0.359 e. The van der Waals surface area contributed by atoms with Crippen molar-refractivity contribution in [3.8, 4) is 0 Å². The SMILES string of the molecule is CNC(=O)[C@]1(C)CCC(N)C1. The van der Waals surface area contributed by atoms with E-state index in [0.717, 1.165) is 19.3 Å². The third kappa shape index (κ3) is 1.53. The maximum atomic E-state index is 11.3. The van der Waals surface area contributed by atoms with Gasteiger partial charge in [0.1, 0.15) is 0 Å². The van der Waals surface area contributed by atoms with Crippen LogP contribution in [0.15, 0.2) is 0 Å². The zero-order valence-electron chi connectivity index (χ0n) is 7.18. The first-order valence-corrected chi connectivity index (χ1v) is 4.06. The van der Waals surface area contributed by atoms with Gasteiger partial charge in [0.2, 0.25) is 5.91 Å². The Balaban J connectivity index is 2.61. The summed E-state index contributed by atoms with van der Waals surface area (Å²) in [5.41, 5.74) is 5.52. The summed E-state index contributed by atoms with van der Waals surface area (Å²) in [7, 11) is 1.68. The van der Waals surface area contributed by atoms with Crippen LogP contribution in [-0.4, -0.2) is 19.0 Å². The quantitative estimate of drug-likeness (QED) is 0.571. The number of hydrogen-bond donors (Lipinski definition) is 2. The molecular weight excluding hydrogens is 140 g/mol. The molecule has 0 aromatic heterocycles. The molecule has 3 N–H and O–H groups in total. The molecular formula is C8H16N2O. The van der Waals surface area contributed by atoms with Gasteiger partial charge in [0, 0.05) is 18.5 Å². The number of hydrogen-bond acceptors (Lipinski definition) is 2. The molecule has 1 amide bonds. The molecule has 1 fully saturated rings. The molecule has 0 heterocycles. The topological polar surface area (TPSA) is 55.1 Å². The molecule has 0 spiro atoms. The van der Waals surface area contributed by atoms with Crippen LogP contribution in [0.5, 0.6) is 0 Å². The van der Waals surface area contributed by atoms with Crippen molar-refractivity contribution in [2.24, 2.45) is 11.1 Å². The molecule has 0 bridgehead atoms. The summed E-state index contributed by atoms with van der Waals surface area (Å²) >= 11 is 0. The average molecular weight is 156 g/mol. The molecule has 1 saturated carbocycles. The molecule has 1 rings (SSSR count). The Morgan fingerprint density at radius 1 is 1.73 bits per heavy atom. The second-order valence-electron chi connectivity index (χ2n) is 3.64. The van der Waals surface area contributed by atoms with E-state index in [4.69, 9.17) is 5.73 Å². The van der Waals surface area contributed by atoms with Gasteiger partial charge in [0.05, 0.1) is 0 Å². The molecule has 0 aromatic rings. The number of nitrogens with one attached hydrogen (secondary N) is 1. The minimum atomic E-state index is -0.200. The first kappa shape index (κ1) is 8.53. The lowest BCUT2D eigenvalue weighted by Gasteiger charge is -2.20. The molecule has 0 aliphatic heterocycles. The molecule has 0 radical (unpaired) electrons.